The van der Waals surface area contributed by atoms with Crippen LogP contribution >= 0.6 is 7.59 Å². The number of fused-ring (bicyclic) bond motifs is 1. The molecular weight excluding hydrogens is 442 g/mol. The molecule has 7 nitrogen and oxygen atoms in total. The summed E-state index contributed by atoms with van der Waals surface area (Å²) < 4.78 is 38.5. The summed E-state index contributed by atoms with van der Waals surface area (Å²) in [4.78, 5) is 15.5. The van der Waals surface area contributed by atoms with Crippen LogP contribution < -0.4 is 5.09 Å². The van der Waals surface area contributed by atoms with E-state index >= 15 is 4.57 Å². The SMILES string of the molecule is CC(C)N1[C@@H]2CCCC[C@H]2N(C(C)C)P1(=O)N[C@H](C(=O)N1CCOCC1)c1ccc(F)cc1. The van der Waals surface area contributed by atoms with Gasteiger partial charge in [-0.25, -0.2) is 18.8 Å². The van der Waals surface area contributed by atoms with Crippen LogP contribution in [0.25, 0.3) is 0 Å². The van der Waals surface area contributed by atoms with E-state index in [-0.39, 0.29) is 35.9 Å². The number of carbonyl (C=O) groups excluding carboxylic acids is 1. The molecular formula is C24H38FN4O3P. The van der Waals surface area contributed by atoms with Crippen molar-refractivity contribution in [1.29, 1.82) is 0 Å². The van der Waals surface area contributed by atoms with Gasteiger partial charge in [-0.1, -0.05) is 25.0 Å². The number of ether oxygens (including phenoxy) is 1. The molecule has 2 saturated heterocycles. The highest BCUT2D eigenvalue weighted by atomic mass is 31.2. The Morgan fingerprint density at radius 3 is 2.00 bits per heavy atom. The van der Waals surface area contributed by atoms with Crippen LogP contribution in [0.2, 0.25) is 0 Å². The van der Waals surface area contributed by atoms with E-state index in [0.717, 1.165) is 25.7 Å². The Labute approximate surface area is 197 Å². The third-order valence-corrected chi connectivity index (χ3v) is 10.5. The molecule has 0 aromatic heterocycles. The standard InChI is InChI=1S/C24H38FN4O3P/c1-17(2)28-21-7-5-6-8-22(21)29(18(3)4)33(28,31)26-23(19-9-11-20(25)12-10-19)24(30)27-13-15-32-16-14-27/h9-12,17-18,21-23H,5-8,13-16H2,1-4H3,(H,26,31)/t21-,22-,23+/m1/s1. The maximum atomic E-state index is 15.0. The molecule has 1 aliphatic carbocycles. The molecule has 0 bridgehead atoms. The second kappa shape index (κ2) is 10.1. The fraction of sp³-hybridized carbons (Fsp3) is 0.708. The van der Waals surface area contributed by atoms with E-state index in [0.29, 0.717) is 31.9 Å². The molecule has 2 aliphatic heterocycles. The lowest BCUT2D eigenvalue weighted by atomic mass is 9.89. The highest BCUT2D eigenvalue weighted by Gasteiger charge is 2.58. The maximum absolute atomic E-state index is 15.0. The molecule has 1 aromatic rings. The molecule has 1 saturated carbocycles. The van der Waals surface area contributed by atoms with Crippen LogP contribution in [0.5, 0.6) is 0 Å². The van der Waals surface area contributed by atoms with Crippen molar-refractivity contribution < 1.29 is 18.5 Å². The molecule has 4 rings (SSSR count). The zero-order chi connectivity index (χ0) is 23.8. The molecule has 33 heavy (non-hydrogen) atoms. The van der Waals surface area contributed by atoms with Crippen LogP contribution in [0.3, 0.4) is 0 Å². The summed E-state index contributed by atoms with van der Waals surface area (Å²) in [6.45, 7) is 10.3. The number of rotatable bonds is 6. The molecule has 9 heteroatoms. The second-order valence-corrected chi connectivity index (χ2v) is 12.2. The summed E-state index contributed by atoms with van der Waals surface area (Å²) in [6, 6.07) is 5.68. The van der Waals surface area contributed by atoms with E-state index in [2.05, 4.69) is 42.1 Å². The van der Waals surface area contributed by atoms with Gasteiger partial charge < -0.3 is 9.64 Å². The molecule has 0 radical (unpaired) electrons. The topological polar surface area (TPSA) is 65.1 Å². The minimum atomic E-state index is -3.30. The molecule has 3 atom stereocenters. The summed E-state index contributed by atoms with van der Waals surface area (Å²) in [5, 5.41) is 3.40. The second-order valence-electron chi connectivity index (χ2n) is 9.96. The number of carbonyl (C=O) groups is 1. The lowest BCUT2D eigenvalue weighted by molar-refractivity contribution is -0.137. The van der Waals surface area contributed by atoms with E-state index in [1.54, 1.807) is 17.0 Å². The quantitative estimate of drug-likeness (QED) is 0.617. The minimum absolute atomic E-state index is 0.0602. The highest BCUT2D eigenvalue weighted by molar-refractivity contribution is 7.57. The van der Waals surface area contributed by atoms with Crippen molar-refractivity contribution in [2.45, 2.75) is 83.6 Å². The first-order valence-corrected chi connectivity index (χ1v) is 13.9. The highest BCUT2D eigenvalue weighted by Crippen LogP contribution is 2.63. The number of nitrogens with zero attached hydrogens (tertiary/aromatic N) is 3. The Balaban J connectivity index is 1.75. The average Bonchev–Trinajstić information content (AvgIpc) is 3.06. The van der Waals surface area contributed by atoms with Crippen molar-refractivity contribution in [1.82, 2.24) is 19.3 Å². The zero-order valence-corrected chi connectivity index (χ0v) is 21.1. The normalized spacial score (nSPS) is 27.2. The van der Waals surface area contributed by atoms with Gasteiger partial charge in [-0.3, -0.25) is 9.36 Å². The van der Waals surface area contributed by atoms with Gasteiger partial charge in [-0.2, -0.15) is 0 Å². The Bertz CT molecular complexity index is 847. The first kappa shape index (κ1) is 24.8. The lowest BCUT2D eigenvalue weighted by Crippen LogP contribution is -2.48. The van der Waals surface area contributed by atoms with Crippen LogP contribution in [0.4, 0.5) is 4.39 Å². The summed E-state index contributed by atoms with van der Waals surface area (Å²) in [5.41, 5.74) is 0.630. The first-order valence-electron chi connectivity index (χ1n) is 12.3. The first-order chi connectivity index (χ1) is 15.7. The average molecular weight is 481 g/mol. The van der Waals surface area contributed by atoms with Crippen molar-refractivity contribution in [3.05, 3.63) is 35.6 Å². The predicted molar refractivity (Wildman–Crippen MR) is 127 cm³/mol. The Morgan fingerprint density at radius 2 is 1.52 bits per heavy atom. The molecule has 0 spiro atoms. The number of morpholine rings is 1. The fourth-order valence-electron chi connectivity index (χ4n) is 5.82. The molecule has 2 heterocycles. The van der Waals surface area contributed by atoms with E-state index in [1.165, 1.54) is 12.1 Å². The van der Waals surface area contributed by atoms with Crippen LogP contribution in [-0.2, 0) is 14.1 Å². The van der Waals surface area contributed by atoms with Gasteiger partial charge >= 0.3 is 0 Å². The van der Waals surface area contributed by atoms with Crippen LogP contribution in [0, 0.1) is 5.82 Å². The summed E-state index contributed by atoms with van der Waals surface area (Å²) >= 11 is 0. The van der Waals surface area contributed by atoms with Crippen LogP contribution in [0.15, 0.2) is 24.3 Å². The van der Waals surface area contributed by atoms with Gasteiger partial charge in [-0.05, 0) is 58.2 Å². The maximum Gasteiger partial charge on any atom is 0.286 e. The number of nitrogens with one attached hydrogen (secondary N) is 1. The number of amides is 1. The van der Waals surface area contributed by atoms with Gasteiger partial charge in [0.1, 0.15) is 11.9 Å². The minimum Gasteiger partial charge on any atom is -0.378 e. The van der Waals surface area contributed by atoms with Gasteiger partial charge in [-0.15, -0.1) is 0 Å². The number of hydrogen-bond donors (Lipinski definition) is 1. The van der Waals surface area contributed by atoms with Crippen molar-refractivity contribution in [3.63, 3.8) is 0 Å². The van der Waals surface area contributed by atoms with Gasteiger partial charge in [0.2, 0.25) is 5.91 Å². The molecule has 184 valence electrons. The molecule has 0 unspecified atom stereocenters. The summed E-state index contributed by atoms with van der Waals surface area (Å²) in [6.07, 6.45) is 4.28. The zero-order valence-electron chi connectivity index (χ0n) is 20.2. The van der Waals surface area contributed by atoms with Crippen LogP contribution in [-0.4, -0.2) is 70.6 Å². The number of benzene rings is 1. The molecule has 3 fully saturated rings. The molecule has 3 aliphatic rings. The smallest absolute Gasteiger partial charge is 0.286 e. The van der Waals surface area contributed by atoms with Crippen molar-refractivity contribution >= 4 is 13.5 Å². The third-order valence-electron chi connectivity index (χ3n) is 7.13. The Hall–Kier alpha value is -1.31. The molecule has 1 aromatic carbocycles. The van der Waals surface area contributed by atoms with Gasteiger partial charge in [0.25, 0.3) is 7.59 Å². The summed E-state index contributed by atoms with van der Waals surface area (Å²) in [7, 11) is -3.30. The number of hydrogen-bond acceptors (Lipinski definition) is 3. The van der Waals surface area contributed by atoms with Gasteiger partial charge in [0.15, 0.2) is 0 Å². The van der Waals surface area contributed by atoms with E-state index in [4.69, 9.17) is 4.74 Å². The van der Waals surface area contributed by atoms with Crippen molar-refractivity contribution in [2.75, 3.05) is 26.3 Å². The van der Waals surface area contributed by atoms with E-state index in [1.807, 2.05) is 0 Å². The molecule has 1 N–H and O–H groups in total. The van der Waals surface area contributed by atoms with Gasteiger partial charge in [0, 0.05) is 37.3 Å². The predicted octanol–water partition coefficient (Wildman–Crippen LogP) is 4.17. The molecule has 1 amide bonds. The van der Waals surface area contributed by atoms with Crippen molar-refractivity contribution in [3.8, 4) is 0 Å². The largest absolute Gasteiger partial charge is 0.378 e. The lowest BCUT2D eigenvalue weighted by Gasteiger charge is -2.39. The van der Waals surface area contributed by atoms with E-state index in [9.17, 15) is 9.18 Å². The fourth-order valence-corrected chi connectivity index (χ4v) is 9.51. The summed E-state index contributed by atoms with van der Waals surface area (Å²) in [5.74, 6) is -0.495. The van der Waals surface area contributed by atoms with Gasteiger partial charge in [0.05, 0.1) is 13.2 Å². The van der Waals surface area contributed by atoms with Crippen LogP contribution in [0.1, 0.15) is 65.0 Å². The number of halogens is 1. The van der Waals surface area contributed by atoms with E-state index < -0.39 is 13.6 Å². The third kappa shape index (κ3) is 4.78. The Morgan fingerprint density at radius 1 is 1.00 bits per heavy atom. The Kier molecular flexibility index (Phi) is 7.61. The monoisotopic (exact) mass is 480 g/mol. The van der Waals surface area contributed by atoms with Crippen molar-refractivity contribution in [2.24, 2.45) is 0 Å².